The molecule has 0 fully saturated rings. The zero-order valence-electron chi connectivity index (χ0n) is 18.7. The van der Waals surface area contributed by atoms with E-state index in [1.54, 1.807) is 29.2 Å². The van der Waals surface area contributed by atoms with Crippen molar-refractivity contribution in [3.8, 4) is 5.75 Å². The van der Waals surface area contributed by atoms with Gasteiger partial charge in [0.2, 0.25) is 5.91 Å². The molecule has 168 valence electrons. The van der Waals surface area contributed by atoms with Crippen molar-refractivity contribution in [3.63, 3.8) is 0 Å². The molecule has 0 heterocycles. The van der Waals surface area contributed by atoms with Crippen LogP contribution in [-0.2, 0) is 11.3 Å². The SMILES string of the molecule is CC(=O)N(CCC(c1ccc(F)cc1)c1ccc(OC(C)C)cc1)Cc1ccc(F)cc1. The highest BCUT2D eigenvalue weighted by Crippen LogP contribution is 2.30. The van der Waals surface area contributed by atoms with Gasteiger partial charge in [0, 0.05) is 25.9 Å². The molecule has 0 bridgehead atoms. The minimum Gasteiger partial charge on any atom is -0.491 e. The van der Waals surface area contributed by atoms with Crippen molar-refractivity contribution in [2.24, 2.45) is 0 Å². The Bertz CT molecular complexity index is 999. The summed E-state index contributed by atoms with van der Waals surface area (Å²) in [7, 11) is 0. The van der Waals surface area contributed by atoms with Gasteiger partial charge >= 0.3 is 0 Å². The van der Waals surface area contributed by atoms with Crippen molar-refractivity contribution >= 4 is 5.91 Å². The molecular weight excluding hydrogens is 408 g/mol. The van der Waals surface area contributed by atoms with Crippen LogP contribution in [0.15, 0.2) is 72.8 Å². The Kier molecular flexibility index (Phi) is 7.98. The van der Waals surface area contributed by atoms with Crippen LogP contribution < -0.4 is 4.74 Å². The Hall–Kier alpha value is -3.21. The molecule has 3 aromatic rings. The van der Waals surface area contributed by atoms with Crippen LogP contribution in [0.25, 0.3) is 0 Å². The summed E-state index contributed by atoms with van der Waals surface area (Å²) in [6.45, 7) is 6.42. The van der Waals surface area contributed by atoms with Gasteiger partial charge in [0.15, 0.2) is 0 Å². The topological polar surface area (TPSA) is 29.5 Å². The second-order valence-corrected chi connectivity index (χ2v) is 8.20. The van der Waals surface area contributed by atoms with Crippen LogP contribution >= 0.6 is 0 Å². The van der Waals surface area contributed by atoms with Gasteiger partial charge in [-0.2, -0.15) is 0 Å². The van der Waals surface area contributed by atoms with Crippen LogP contribution in [-0.4, -0.2) is 23.5 Å². The first-order chi connectivity index (χ1) is 15.3. The highest BCUT2D eigenvalue weighted by molar-refractivity contribution is 5.73. The highest BCUT2D eigenvalue weighted by atomic mass is 19.1. The van der Waals surface area contributed by atoms with Crippen LogP contribution in [0.3, 0.4) is 0 Å². The number of amides is 1. The molecule has 3 nitrogen and oxygen atoms in total. The van der Waals surface area contributed by atoms with Crippen molar-refractivity contribution in [1.29, 1.82) is 0 Å². The van der Waals surface area contributed by atoms with Gasteiger partial charge in [-0.3, -0.25) is 4.79 Å². The van der Waals surface area contributed by atoms with E-state index in [-0.39, 0.29) is 29.6 Å². The molecule has 0 aliphatic rings. The zero-order chi connectivity index (χ0) is 23.1. The normalized spacial score (nSPS) is 11.9. The molecular formula is C27H29F2NO2. The summed E-state index contributed by atoms with van der Waals surface area (Å²) < 4.78 is 32.5. The Morgan fingerprint density at radius 3 is 1.84 bits per heavy atom. The number of hydrogen-bond acceptors (Lipinski definition) is 2. The van der Waals surface area contributed by atoms with Gasteiger partial charge in [0.25, 0.3) is 0 Å². The molecule has 1 amide bonds. The summed E-state index contributed by atoms with van der Waals surface area (Å²) in [6, 6.07) is 20.6. The van der Waals surface area contributed by atoms with Crippen LogP contribution in [0.1, 0.15) is 49.8 Å². The minimum atomic E-state index is -0.301. The number of ether oxygens (including phenoxy) is 1. The molecule has 3 aromatic carbocycles. The number of nitrogens with zero attached hydrogens (tertiary/aromatic N) is 1. The summed E-state index contributed by atoms with van der Waals surface area (Å²) in [6.07, 6.45) is 0.751. The van der Waals surface area contributed by atoms with E-state index < -0.39 is 0 Å². The molecule has 32 heavy (non-hydrogen) atoms. The summed E-state index contributed by atoms with van der Waals surface area (Å²) in [5.74, 6) is 0.147. The van der Waals surface area contributed by atoms with Crippen molar-refractivity contribution in [3.05, 3.63) is 101 Å². The lowest BCUT2D eigenvalue weighted by molar-refractivity contribution is -0.129. The van der Waals surface area contributed by atoms with E-state index in [2.05, 4.69) is 0 Å². The molecule has 0 saturated heterocycles. The second-order valence-electron chi connectivity index (χ2n) is 8.20. The monoisotopic (exact) mass is 437 g/mol. The zero-order valence-corrected chi connectivity index (χ0v) is 18.7. The number of carbonyl (C=O) groups excluding carboxylic acids is 1. The fourth-order valence-corrected chi connectivity index (χ4v) is 3.71. The van der Waals surface area contributed by atoms with Crippen LogP contribution in [0.5, 0.6) is 5.75 Å². The summed E-state index contributed by atoms with van der Waals surface area (Å²) >= 11 is 0. The van der Waals surface area contributed by atoms with Crippen LogP contribution in [0.2, 0.25) is 0 Å². The lowest BCUT2D eigenvalue weighted by Gasteiger charge is -2.25. The van der Waals surface area contributed by atoms with E-state index in [1.807, 2.05) is 38.1 Å². The maximum atomic E-state index is 13.5. The quantitative estimate of drug-likeness (QED) is 0.392. The number of rotatable bonds is 9. The predicted octanol–water partition coefficient (Wildman–Crippen LogP) is 6.32. The average molecular weight is 438 g/mol. The molecule has 1 atom stereocenters. The van der Waals surface area contributed by atoms with Crippen molar-refractivity contribution in [2.75, 3.05) is 6.54 Å². The first kappa shape index (κ1) is 23.5. The Morgan fingerprint density at radius 1 is 0.844 bits per heavy atom. The number of carbonyl (C=O) groups is 1. The molecule has 0 spiro atoms. The second kappa shape index (κ2) is 10.9. The fraction of sp³-hybridized carbons (Fsp3) is 0.296. The van der Waals surface area contributed by atoms with Crippen LogP contribution in [0.4, 0.5) is 8.78 Å². The smallest absolute Gasteiger partial charge is 0.219 e. The summed E-state index contributed by atoms with van der Waals surface area (Å²) in [5, 5.41) is 0. The molecule has 5 heteroatoms. The molecule has 0 aliphatic heterocycles. The van der Waals surface area contributed by atoms with E-state index in [4.69, 9.17) is 4.74 Å². The third-order valence-corrected chi connectivity index (χ3v) is 5.35. The highest BCUT2D eigenvalue weighted by Gasteiger charge is 2.18. The van der Waals surface area contributed by atoms with Gasteiger partial charge in [-0.15, -0.1) is 0 Å². The molecule has 0 N–H and O–H groups in total. The molecule has 1 unspecified atom stereocenters. The van der Waals surface area contributed by atoms with Gasteiger partial charge in [-0.05, 0) is 73.4 Å². The molecule has 0 radical (unpaired) electrons. The summed E-state index contributed by atoms with van der Waals surface area (Å²) in [5.41, 5.74) is 2.92. The third-order valence-electron chi connectivity index (χ3n) is 5.35. The third kappa shape index (κ3) is 6.64. The lowest BCUT2D eigenvalue weighted by Crippen LogP contribution is -2.30. The molecule has 3 rings (SSSR count). The number of benzene rings is 3. The number of hydrogen-bond donors (Lipinski definition) is 0. The standard InChI is InChI=1S/C27H29F2NO2/c1-19(2)32-26-14-8-23(9-15-26)27(22-6-12-25(29)13-7-22)16-17-30(20(3)31)18-21-4-10-24(28)11-5-21/h4-15,19,27H,16-18H2,1-3H3. The van der Waals surface area contributed by atoms with Crippen molar-refractivity contribution in [2.45, 2.75) is 45.8 Å². The summed E-state index contributed by atoms with van der Waals surface area (Å²) in [4.78, 5) is 14.0. The maximum absolute atomic E-state index is 13.5. The largest absolute Gasteiger partial charge is 0.491 e. The van der Waals surface area contributed by atoms with E-state index in [0.29, 0.717) is 19.5 Å². The molecule has 0 aliphatic carbocycles. The van der Waals surface area contributed by atoms with E-state index in [1.165, 1.54) is 31.2 Å². The first-order valence-corrected chi connectivity index (χ1v) is 10.8. The lowest BCUT2D eigenvalue weighted by atomic mass is 9.88. The Morgan fingerprint density at radius 2 is 1.34 bits per heavy atom. The van der Waals surface area contributed by atoms with Crippen LogP contribution in [0, 0.1) is 11.6 Å². The number of halogens is 2. The van der Waals surface area contributed by atoms with Gasteiger partial charge in [0.05, 0.1) is 6.10 Å². The van der Waals surface area contributed by atoms with Gasteiger partial charge in [0.1, 0.15) is 17.4 Å². The van der Waals surface area contributed by atoms with Gasteiger partial charge in [-0.1, -0.05) is 36.4 Å². The molecule has 0 saturated carbocycles. The van der Waals surface area contributed by atoms with E-state index in [9.17, 15) is 13.6 Å². The fourth-order valence-electron chi connectivity index (χ4n) is 3.71. The maximum Gasteiger partial charge on any atom is 0.219 e. The predicted molar refractivity (Wildman–Crippen MR) is 123 cm³/mol. The van der Waals surface area contributed by atoms with E-state index in [0.717, 1.165) is 22.4 Å². The molecule has 0 aromatic heterocycles. The Labute approximate surface area is 188 Å². The Balaban J connectivity index is 1.80. The van der Waals surface area contributed by atoms with E-state index >= 15 is 0 Å². The minimum absolute atomic E-state index is 0.0150. The van der Waals surface area contributed by atoms with Gasteiger partial charge < -0.3 is 9.64 Å². The average Bonchev–Trinajstić information content (AvgIpc) is 2.76. The van der Waals surface area contributed by atoms with Gasteiger partial charge in [-0.25, -0.2) is 8.78 Å². The van der Waals surface area contributed by atoms with Crippen molar-refractivity contribution < 1.29 is 18.3 Å². The first-order valence-electron chi connectivity index (χ1n) is 10.8. The van der Waals surface area contributed by atoms with Crippen molar-refractivity contribution in [1.82, 2.24) is 4.90 Å².